The quantitative estimate of drug-likeness (QED) is 0.299. The lowest BCUT2D eigenvalue weighted by molar-refractivity contribution is -0.189. The van der Waals surface area contributed by atoms with Crippen molar-refractivity contribution in [3.05, 3.63) is 102 Å². The molecule has 4 heterocycles. The van der Waals surface area contributed by atoms with Crippen LogP contribution < -0.4 is 11.1 Å². The van der Waals surface area contributed by atoms with Crippen molar-refractivity contribution in [2.75, 3.05) is 25.4 Å². The molecular formula is C31H32N8O3S. The molecule has 0 spiro atoms. The van der Waals surface area contributed by atoms with E-state index in [1.54, 1.807) is 43.7 Å². The number of thiazole rings is 1. The molecule has 0 aliphatic carbocycles. The molecule has 0 radical (unpaired) electrons. The van der Waals surface area contributed by atoms with Crippen LogP contribution in [0.5, 0.6) is 0 Å². The fourth-order valence-corrected chi connectivity index (χ4v) is 6.48. The minimum absolute atomic E-state index is 0.0663. The molecule has 2 aliphatic rings. The van der Waals surface area contributed by atoms with E-state index in [-0.39, 0.29) is 50.4 Å². The first kappa shape index (κ1) is 28.3. The number of nitrogens with zero attached hydrogens (tertiary/aromatic N) is 6. The lowest BCUT2D eigenvalue weighted by Gasteiger charge is -2.55. The summed E-state index contributed by atoms with van der Waals surface area (Å²) in [5, 5.41) is 6.27. The average molecular weight is 597 g/mol. The van der Waals surface area contributed by atoms with Gasteiger partial charge in [0.05, 0.1) is 28.8 Å². The van der Waals surface area contributed by atoms with Crippen molar-refractivity contribution >= 4 is 45.2 Å². The number of benzene rings is 2. The average Bonchev–Trinajstić information content (AvgIpc) is 3.50. The number of rotatable bonds is 8. The molecule has 0 bridgehead atoms. The normalized spacial score (nSPS) is 19.0. The molecule has 2 atom stereocenters. The fourth-order valence-electron chi connectivity index (χ4n) is 5.76. The third kappa shape index (κ3) is 5.79. The monoisotopic (exact) mass is 596 g/mol. The first-order chi connectivity index (χ1) is 20.9. The lowest BCUT2D eigenvalue weighted by atomic mass is 9.99. The second kappa shape index (κ2) is 12.2. The van der Waals surface area contributed by atoms with Gasteiger partial charge < -0.3 is 20.9 Å². The molecule has 2 aromatic carbocycles. The van der Waals surface area contributed by atoms with Crippen LogP contribution in [0.2, 0.25) is 0 Å². The minimum atomic E-state index is -0.846. The molecule has 2 saturated heterocycles. The maximum Gasteiger partial charge on any atom is 0.334 e. The van der Waals surface area contributed by atoms with E-state index in [0.29, 0.717) is 12.4 Å². The molecule has 12 heteroatoms. The number of anilines is 1. The molecule has 0 unspecified atom stereocenters. The maximum absolute atomic E-state index is 14.2. The summed E-state index contributed by atoms with van der Waals surface area (Å²) in [5.41, 5.74) is 11.0. The van der Waals surface area contributed by atoms with Crippen LogP contribution >= 0.6 is 11.3 Å². The highest BCUT2D eigenvalue weighted by Crippen LogP contribution is 2.30. The number of nitrogen functional groups attached to an aromatic ring is 1. The number of hydrogen-bond donors (Lipinski definition) is 2. The van der Waals surface area contributed by atoms with Gasteiger partial charge in [-0.2, -0.15) is 0 Å². The van der Waals surface area contributed by atoms with Crippen molar-refractivity contribution in [3.63, 3.8) is 0 Å². The summed E-state index contributed by atoms with van der Waals surface area (Å²) < 4.78 is 1.03. The van der Waals surface area contributed by atoms with E-state index in [4.69, 9.17) is 5.73 Å². The second-order valence-electron chi connectivity index (χ2n) is 10.6. The third-order valence-electron chi connectivity index (χ3n) is 7.75. The first-order valence-electron chi connectivity index (χ1n) is 14.0. The lowest BCUT2D eigenvalue weighted by Crippen LogP contribution is -2.76. The van der Waals surface area contributed by atoms with E-state index in [9.17, 15) is 14.4 Å². The van der Waals surface area contributed by atoms with Gasteiger partial charge >= 0.3 is 6.03 Å². The number of carbonyl (C=O) groups excluding carboxylic acids is 3. The Hall–Kier alpha value is -4.81. The zero-order chi connectivity index (χ0) is 29.9. The van der Waals surface area contributed by atoms with Gasteiger partial charge in [0, 0.05) is 32.3 Å². The second-order valence-corrected chi connectivity index (χ2v) is 11.4. The van der Waals surface area contributed by atoms with Gasteiger partial charge in [-0.3, -0.25) is 9.59 Å². The van der Waals surface area contributed by atoms with E-state index in [1.807, 2.05) is 54.6 Å². The van der Waals surface area contributed by atoms with Gasteiger partial charge in [0.25, 0.3) is 0 Å². The summed E-state index contributed by atoms with van der Waals surface area (Å²) in [6.07, 6.45) is 2.77. The van der Waals surface area contributed by atoms with E-state index in [0.717, 1.165) is 26.9 Å². The molecule has 2 aliphatic heterocycles. The van der Waals surface area contributed by atoms with Gasteiger partial charge in [-0.05, 0) is 28.8 Å². The topological polar surface area (TPSA) is 128 Å². The highest BCUT2D eigenvalue weighted by atomic mass is 32.1. The van der Waals surface area contributed by atoms with Gasteiger partial charge in [-0.1, -0.05) is 54.6 Å². The highest BCUT2D eigenvalue weighted by molar-refractivity contribution is 7.16. The van der Waals surface area contributed by atoms with Gasteiger partial charge in [0.2, 0.25) is 11.8 Å². The number of fused-ring (bicyclic) bond motifs is 2. The van der Waals surface area contributed by atoms with Crippen LogP contribution in [-0.4, -0.2) is 79.5 Å². The zero-order valence-corrected chi connectivity index (χ0v) is 24.3. The van der Waals surface area contributed by atoms with Crippen LogP contribution in [0, 0.1) is 0 Å². The molecular weight excluding hydrogens is 564 g/mol. The molecule has 43 heavy (non-hydrogen) atoms. The van der Waals surface area contributed by atoms with Gasteiger partial charge in [0.1, 0.15) is 18.0 Å². The number of piperazine rings is 1. The molecule has 4 aromatic rings. The fraction of sp³-hybridized carbons (Fsp3) is 0.258. The molecule has 4 amide bonds. The maximum atomic E-state index is 14.2. The number of aromatic nitrogens is 2. The summed E-state index contributed by atoms with van der Waals surface area (Å²) >= 11 is 1.54. The number of pyridine rings is 1. The predicted octanol–water partition coefficient (Wildman–Crippen LogP) is 3.01. The zero-order valence-electron chi connectivity index (χ0n) is 23.5. The molecule has 2 aromatic heterocycles. The van der Waals surface area contributed by atoms with Gasteiger partial charge in [-0.25, -0.2) is 24.8 Å². The van der Waals surface area contributed by atoms with Crippen molar-refractivity contribution < 1.29 is 14.4 Å². The van der Waals surface area contributed by atoms with Crippen LogP contribution in [0.3, 0.4) is 0 Å². The summed E-state index contributed by atoms with van der Waals surface area (Å²) in [6.45, 7) is 4.80. The largest absolute Gasteiger partial charge is 0.384 e. The Morgan fingerprint density at radius 2 is 1.91 bits per heavy atom. The number of para-hydroxylation sites is 1. The van der Waals surface area contributed by atoms with Crippen molar-refractivity contribution in [3.8, 4) is 0 Å². The van der Waals surface area contributed by atoms with Crippen molar-refractivity contribution in [1.82, 2.24) is 35.1 Å². The van der Waals surface area contributed by atoms with Crippen LogP contribution in [0.4, 0.5) is 10.6 Å². The van der Waals surface area contributed by atoms with Crippen LogP contribution in [0.25, 0.3) is 10.2 Å². The number of nitrogens with one attached hydrogen (secondary N) is 1. The summed E-state index contributed by atoms with van der Waals surface area (Å²) in [4.78, 5) is 53.8. The highest BCUT2D eigenvalue weighted by Gasteiger charge is 2.51. The van der Waals surface area contributed by atoms with Crippen molar-refractivity contribution in [2.24, 2.45) is 0 Å². The number of hydrazine groups is 1. The summed E-state index contributed by atoms with van der Waals surface area (Å²) in [6, 6.07) is 17.8. The molecule has 3 N–H and O–H groups in total. The number of amides is 4. The van der Waals surface area contributed by atoms with E-state index in [2.05, 4.69) is 21.9 Å². The van der Waals surface area contributed by atoms with E-state index in [1.165, 1.54) is 11.3 Å². The van der Waals surface area contributed by atoms with Crippen LogP contribution in [0.15, 0.2) is 85.0 Å². The molecule has 0 saturated carbocycles. The first-order valence-corrected chi connectivity index (χ1v) is 14.9. The van der Waals surface area contributed by atoms with Crippen LogP contribution in [-0.2, 0) is 29.1 Å². The van der Waals surface area contributed by atoms with Gasteiger partial charge in [0.15, 0.2) is 0 Å². The Morgan fingerprint density at radius 1 is 1.07 bits per heavy atom. The Kier molecular flexibility index (Phi) is 8.03. The predicted molar refractivity (Wildman–Crippen MR) is 164 cm³/mol. The molecule has 2 fully saturated rings. The number of nitrogens with two attached hydrogens (primary N) is 1. The van der Waals surface area contributed by atoms with E-state index >= 15 is 0 Å². The van der Waals surface area contributed by atoms with E-state index < -0.39 is 12.2 Å². The van der Waals surface area contributed by atoms with Crippen molar-refractivity contribution in [2.45, 2.75) is 31.7 Å². The summed E-state index contributed by atoms with van der Waals surface area (Å²) in [7, 11) is 0. The number of carbonyl (C=O) groups is 3. The third-order valence-corrected chi connectivity index (χ3v) is 8.54. The SMILES string of the molecule is C=CCN1CC(=O)N2[C@@H](Cc3ccc(N)nc3)C(=O)N(Cc3cccc4scnc34)C[C@@H]2N1C(=O)NCc1ccccc1. The number of urea groups is 1. The Bertz CT molecular complexity index is 1640. The van der Waals surface area contributed by atoms with Crippen LogP contribution in [0.1, 0.15) is 16.7 Å². The minimum Gasteiger partial charge on any atom is -0.384 e. The molecule has 6 rings (SSSR count). The Morgan fingerprint density at radius 3 is 2.67 bits per heavy atom. The van der Waals surface area contributed by atoms with Crippen molar-refractivity contribution in [1.29, 1.82) is 0 Å². The molecule has 220 valence electrons. The number of hydrogen-bond acceptors (Lipinski definition) is 8. The summed E-state index contributed by atoms with van der Waals surface area (Å²) in [5.74, 6) is -0.0672. The van der Waals surface area contributed by atoms with Gasteiger partial charge in [-0.15, -0.1) is 17.9 Å². The Balaban J connectivity index is 1.36. The Labute approximate surface area is 253 Å². The molecule has 11 nitrogen and oxygen atoms in total. The standard InChI is InChI=1S/C31H32N8O3S/c1-2-13-37-19-28(40)38-24(14-22-11-12-26(32)33-16-22)30(41)36(17-23-9-6-10-25-29(23)35-20-43-25)18-27(38)39(37)31(42)34-15-21-7-4-3-5-8-21/h2-12,16,20,24,27H,1,13-15,17-19H2,(H2,32,33)(H,34,42)/t24-,27-/m0/s1. The smallest absolute Gasteiger partial charge is 0.334 e.